The van der Waals surface area contributed by atoms with Crippen molar-refractivity contribution in [3.05, 3.63) is 35.9 Å². The van der Waals surface area contributed by atoms with Crippen molar-refractivity contribution in [2.45, 2.75) is 50.2 Å². The molecule has 112 valence electrons. The Hall–Kier alpha value is -0.900. The molecule has 2 N–H and O–H groups in total. The normalized spacial score (nSPS) is 19.7. The first kappa shape index (κ1) is 15.5. The molecule has 1 saturated carbocycles. The van der Waals surface area contributed by atoms with Gasteiger partial charge in [0.1, 0.15) is 0 Å². The molecule has 0 amide bonds. The van der Waals surface area contributed by atoms with Gasteiger partial charge in [0.2, 0.25) is 0 Å². The molecule has 1 aromatic rings. The maximum absolute atomic E-state index is 10.6. The van der Waals surface area contributed by atoms with Gasteiger partial charge in [0.15, 0.2) is 0 Å². The van der Waals surface area contributed by atoms with Gasteiger partial charge in [-0.2, -0.15) is 0 Å². The maximum Gasteiger partial charge on any atom is 0.0771 e. The van der Waals surface area contributed by atoms with Crippen molar-refractivity contribution in [3.8, 4) is 0 Å². The molecule has 1 unspecified atom stereocenters. The van der Waals surface area contributed by atoms with Crippen LogP contribution >= 0.6 is 0 Å². The SMILES string of the molecule is COCC(Cc1ccccc1)NCC1(O)CCCCC1. The zero-order chi connectivity index (χ0) is 14.3. The van der Waals surface area contributed by atoms with E-state index < -0.39 is 5.60 Å². The van der Waals surface area contributed by atoms with Crippen LogP contribution in [-0.4, -0.2) is 37.0 Å². The van der Waals surface area contributed by atoms with Crippen LogP contribution in [0.3, 0.4) is 0 Å². The third-order valence-electron chi connectivity index (χ3n) is 4.20. The van der Waals surface area contributed by atoms with Crippen LogP contribution in [0.2, 0.25) is 0 Å². The van der Waals surface area contributed by atoms with Gasteiger partial charge in [-0.1, -0.05) is 49.6 Å². The van der Waals surface area contributed by atoms with Crippen LogP contribution in [0.1, 0.15) is 37.7 Å². The lowest BCUT2D eigenvalue weighted by Crippen LogP contribution is -2.47. The van der Waals surface area contributed by atoms with E-state index in [-0.39, 0.29) is 6.04 Å². The van der Waals surface area contributed by atoms with Crippen molar-refractivity contribution in [2.75, 3.05) is 20.3 Å². The fourth-order valence-corrected chi connectivity index (χ4v) is 3.01. The molecular weight excluding hydrogens is 250 g/mol. The van der Waals surface area contributed by atoms with E-state index in [1.54, 1.807) is 7.11 Å². The van der Waals surface area contributed by atoms with E-state index in [4.69, 9.17) is 4.74 Å². The molecule has 0 spiro atoms. The van der Waals surface area contributed by atoms with Gasteiger partial charge >= 0.3 is 0 Å². The predicted molar refractivity (Wildman–Crippen MR) is 81.8 cm³/mol. The number of methoxy groups -OCH3 is 1. The molecule has 1 fully saturated rings. The molecule has 1 atom stereocenters. The largest absolute Gasteiger partial charge is 0.389 e. The lowest BCUT2D eigenvalue weighted by atomic mass is 9.84. The summed E-state index contributed by atoms with van der Waals surface area (Å²) >= 11 is 0. The van der Waals surface area contributed by atoms with Crippen molar-refractivity contribution < 1.29 is 9.84 Å². The minimum Gasteiger partial charge on any atom is -0.389 e. The summed E-state index contributed by atoms with van der Waals surface area (Å²) in [6, 6.07) is 10.7. The van der Waals surface area contributed by atoms with Gasteiger partial charge in [0, 0.05) is 19.7 Å². The fraction of sp³-hybridized carbons (Fsp3) is 0.647. The Labute approximate surface area is 122 Å². The number of benzene rings is 1. The van der Waals surface area contributed by atoms with Crippen LogP contribution in [-0.2, 0) is 11.2 Å². The average Bonchev–Trinajstić information content (AvgIpc) is 2.47. The van der Waals surface area contributed by atoms with E-state index in [2.05, 4.69) is 29.6 Å². The van der Waals surface area contributed by atoms with E-state index in [0.29, 0.717) is 13.2 Å². The summed E-state index contributed by atoms with van der Waals surface area (Å²) in [4.78, 5) is 0. The molecule has 3 heteroatoms. The third-order valence-corrected chi connectivity index (χ3v) is 4.20. The quantitative estimate of drug-likeness (QED) is 0.805. The van der Waals surface area contributed by atoms with Crippen LogP contribution in [0.5, 0.6) is 0 Å². The van der Waals surface area contributed by atoms with E-state index >= 15 is 0 Å². The molecule has 1 aliphatic rings. The van der Waals surface area contributed by atoms with Gasteiger partial charge in [-0.3, -0.25) is 0 Å². The van der Waals surface area contributed by atoms with E-state index in [1.165, 1.54) is 12.0 Å². The second-order valence-electron chi connectivity index (χ2n) is 6.01. The Bertz CT molecular complexity index is 374. The summed E-state index contributed by atoms with van der Waals surface area (Å²) in [5, 5.41) is 14.1. The van der Waals surface area contributed by atoms with Gasteiger partial charge in [-0.15, -0.1) is 0 Å². The molecule has 0 aromatic heterocycles. The Balaban J connectivity index is 1.85. The highest BCUT2D eigenvalue weighted by Gasteiger charge is 2.29. The van der Waals surface area contributed by atoms with Gasteiger partial charge in [-0.25, -0.2) is 0 Å². The number of hydrogen-bond acceptors (Lipinski definition) is 3. The summed E-state index contributed by atoms with van der Waals surface area (Å²) in [5.74, 6) is 0. The van der Waals surface area contributed by atoms with Crippen LogP contribution in [0.15, 0.2) is 30.3 Å². The first-order valence-electron chi connectivity index (χ1n) is 7.70. The highest BCUT2D eigenvalue weighted by atomic mass is 16.5. The van der Waals surface area contributed by atoms with E-state index in [1.807, 2.05) is 6.07 Å². The van der Waals surface area contributed by atoms with Crippen LogP contribution in [0, 0.1) is 0 Å². The topological polar surface area (TPSA) is 41.5 Å². The van der Waals surface area contributed by atoms with Crippen LogP contribution < -0.4 is 5.32 Å². The molecule has 0 aliphatic heterocycles. The highest BCUT2D eigenvalue weighted by Crippen LogP contribution is 2.27. The van der Waals surface area contributed by atoms with E-state index in [0.717, 1.165) is 32.1 Å². The average molecular weight is 277 g/mol. The van der Waals surface area contributed by atoms with Crippen molar-refractivity contribution in [1.82, 2.24) is 5.32 Å². The Morgan fingerprint density at radius 2 is 1.90 bits per heavy atom. The first-order chi connectivity index (χ1) is 9.72. The first-order valence-corrected chi connectivity index (χ1v) is 7.70. The van der Waals surface area contributed by atoms with Crippen LogP contribution in [0.25, 0.3) is 0 Å². The molecule has 0 bridgehead atoms. The van der Waals surface area contributed by atoms with E-state index in [9.17, 15) is 5.11 Å². The highest BCUT2D eigenvalue weighted by molar-refractivity contribution is 5.16. The van der Waals surface area contributed by atoms with Gasteiger partial charge in [-0.05, 0) is 24.8 Å². The number of ether oxygens (including phenoxy) is 1. The minimum absolute atomic E-state index is 0.258. The molecule has 1 aliphatic carbocycles. The number of nitrogens with one attached hydrogen (secondary N) is 1. The summed E-state index contributed by atoms with van der Waals surface area (Å²) in [7, 11) is 1.73. The minimum atomic E-state index is -0.513. The molecule has 1 aromatic carbocycles. The zero-order valence-electron chi connectivity index (χ0n) is 12.5. The monoisotopic (exact) mass is 277 g/mol. The molecular formula is C17H27NO2. The molecule has 0 saturated heterocycles. The number of aliphatic hydroxyl groups is 1. The lowest BCUT2D eigenvalue weighted by molar-refractivity contribution is 0.000259. The molecule has 3 nitrogen and oxygen atoms in total. The number of rotatable bonds is 7. The third kappa shape index (κ3) is 4.89. The Morgan fingerprint density at radius 3 is 2.55 bits per heavy atom. The Kier molecular flexibility index (Phi) is 6.02. The van der Waals surface area contributed by atoms with Crippen molar-refractivity contribution in [1.29, 1.82) is 0 Å². The second kappa shape index (κ2) is 7.77. The smallest absolute Gasteiger partial charge is 0.0771 e. The van der Waals surface area contributed by atoms with Crippen LogP contribution in [0.4, 0.5) is 0 Å². The van der Waals surface area contributed by atoms with Crippen molar-refractivity contribution >= 4 is 0 Å². The standard InChI is InChI=1S/C17H27NO2/c1-20-13-16(12-15-8-4-2-5-9-15)18-14-17(19)10-6-3-7-11-17/h2,4-5,8-9,16,18-19H,3,6-7,10-14H2,1H3. The molecule has 20 heavy (non-hydrogen) atoms. The van der Waals surface area contributed by atoms with Gasteiger partial charge < -0.3 is 15.2 Å². The maximum atomic E-state index is 10.6. The van der Waals surface area contributed by atoms with Gasteiger partial charge in [0.25, 0.3) is 0 Å². The van der Waals surface area contributed by atoms with Gasteiger partial charge in [0.05, 0.1) is 12.2 Å². The lowest BCUT2D eigenvalue weighted by Gasteiger charge is -2.34. The molecule has 2 rings (SSSR count). The summed E-state index contributed by atoms with van der Waals surface area (Å²) < 4.78 is 5.30. The molecule has 0 heterocycles. The summed E-state index contributed by atoms with van der Waals surface area (Å²) in [6.07, 6.45) is 6.33. The zero-order valence-corrected chi connectivity index (χ0v) is 12.5. The molecule has 0 radical (unpaired) electrons. The predicted octanol–water partition coefficient (Wildman–Crippen LogP) is 2.53. The Morgan fingerprint density at radius 1 is 1.20 bits per heavy atom. The summed E-state index contributed by atoms with van der Waals surface area (Å²) in [5.41, 5.74) is 0.790. The van der Waals surface area contributed by atoms with Crippen molar-refractivity contribution in [3.63, 3.8) is 0 Å². The van der Waals surface area contributed by atoms with Crippen molar-refractivity contribution in [2.24, 2.45) is 0 Å². The number of hydrogen-bond donors (Lipinski definition) is 2. The fourth-order valence-electron chi connectivity index (χ4n) is 3.01. The summed E-state index contributed by atoms with van der Waals surface area (Å²) in [6.45, 7) is 1.35. The second-order valence-corrected chi connectivity index (χ2v) is 6.01.